The molecule has 178 valence electrons. The number of methoxy groups -OCH3 is 1. The minimum absolute atomic E-state index is 0.188. The van der Waals surface area contributed by atoms with E-state index in [0.29, 0.717) is 30.1 Å². The molecule has 1 aliphatic heterocycles. The number of Topliss-reactive ketones (excluding diaryl/α,β-unsaturated/α-hetero) is 1. The van der Waals surface area contributed by atoms with Gasteiger partial charge in [-0.1, -0.05) is 13.3 Å². The van der Waals surface area contributed by atoms with Crippen molar-refractivity contribution >= 4 is 5.78 Å². The lowest BCUT2D eigenvalue weighted by atomic mass is 9.48. The summed E-state index contributed by atoms with van der Waals surface area (Å²) in [6, 6.07) is 0. The van der Waals surface area contributed by atoms with Crippen LogP contribution >= 0.6 is 0 Å². The second-order valence-electron chi connectivity index (χ2n) is 11.5. The summed E-state index contributed by atoms with van der Waals surface area (Å²) in [6.45, 7) is 7.56. The van der Waals surface area contributed by atoms with E-state index < -0.39 is 5.60 Å². The number of carbonyl (C=O) groups excluding carboxylic acids is 1. The van der Waals surface area contributed by atoms with E-state index in [0.717, 1.165) is 70.6 Å². The van der Waals surface area contributed by atoms with Crippen LogP contribution in [0.5, 0.6) is 0 Å². The Kier molecular flexibility index (Phi) is 7.44. The zero-order valence-electron chi connectivity index (χ0n) is 20.0. The molecule has 0 spiro atoms. The average Bonchev–Trinajstić information content (AvgIpc) is 3.25. The SMILES string of the molecule is COC[C@]12CC[C@@](C)(O)C[C@@H]1CC[C@@H]1C2CCC[C@@H](C(=O)CN2NCCN2)CC[C@@H]1C. The van der Waals surface area contributed by atoms with Crippen LogP contribution in [0.1, 0.15) is 78.1 Å². The third-order valence-electron chi connectivity index (χ3n) is 9.41. The van der Waals surface area contributed by atoms with Gasteiger partial charge in [0, 0.05) is 26.1 Å². The van der Waals surface area contributed by atoms with E-state index in [1.54, 1.807) is 0 Å². The summed E-state index contributed by atoms with van der Waals surface area (Å²) in [5.74, 6) is 3.18. The van der Waals surface area contributed by atoms with Gasteiger partial charge >= 0.3 is 0 Å². The molecule has 3 aliphatic carbocycles. The molecule has 0 radical (unpaired) electrons. The lowest BCUT2D eigenvalue weighted by Gasteiger charge is -2.59. The van der Waals surface area contributed by atoms with E-state index in [2.05, 4.69) is 17.8 Å². The van der Waals surface area contributed by atoms with Crippen LogP contribution in [0.2, 0.25) is 0 Å². The van der Waals surface area contributed by atoms with Gasteiger partial charge in [0.1, 0.15) is 0 Å². The predicted octanol–water partition coefficient (Wildman–Crippen LogP) is 3.31. The maximum Gasteiger partial charge on any atom is 0.152 e. The Morgan fingerprint density at radius 1 is 1.10 bits per heavy atom. The number of ether oxygens (including phenoxy) is 1. The average molecular weight is 436 g/mol. The molecule has 0 amide bonds. The van der Waals surface area contributed by atoms with Gasteiger partial charge < -0.3 is 9.84 Å². The van der Waals surface area contributed by atoms with Crippen molar-refractivity contribution < 1.29 is 14.6 Å². The number of hydrogen-bond acceptors (Lipinski definition) is 6. The van der Waals surface area contributed by atoms with Gasteiger partial charge in [0.2, 0.25) is 0 Å². The van der Waals surface area contributed by atoms with Gasteiger partial charge in [0.25, 0.3) is 0 Å². The van der Waals surface area contributed by atoms with Gasteiger partial charge in [-0.05, 0) is 93.8 Å². The first-order valence-corrected chi connectivity index (χ1v) is 12.8. The van der Waals surface area contributed by atoms with Crippen LogP contribution < -0.4 is 10.9 Å². The Morgan fingerprint density at radius 2 is 1.87 bits per heavy atom. The molecule has 1 heterocycles. The number of nitrogens with zero attached hydrogens (tertiary/aromatic N) is 1. The Hall–Kier alpha value is -0.530. The Morgan fingerprint density at radius 3 is 2.61 bits per heavy atom. The van der Waals surface area contributed by atoms with Crippen LogP contribution in [-0.2, 0) is 9.53 Å². The van der Waals surface area contributed by atoms with Gasteiger partial charge in [0.05, 0.1) is 18.8 Å². The zero-order valence-corrected chi connectivity index (χ0v) is 20.0. The summed E-state index contributed by atoms with van der Waals surface area (Å²) in [6.07, 6.45) is 11.0. The quantitative estimate of drug-likeness (QED) is 0.615. The fourth-order valence-corrected chi connectivity index (χ4v) is 7.75. The van der Waals surface area contributed by atoms with E-state index >= 15 is 0 Å². The predicted molar refractivity (Wildman–Crippen MR) is 122 cm³/mol. The van der Waals surface area contributed by atoms with E-state index in [1.807, 2.05) is 19.2 Å². The molecule has 3 N–H and O–H groups in total. The molecule has 0 aromatic heterocycles. The van der Waals surface area contributed by atoms with Gasteiger partial charge in [0.15, 0.2) is 5.78 Å². The fourth-order valence-electron chi connectivity index (χ4n) is 7.75. The van der Waals surface area contributed by atoms with Crippen LogP contribution in [0, 0.1) is 35.0 Å². The van der Waals surface area contributed by atoms with E-state index in [9.17, 15) is 9.90 Å². The van der Waals surface area contributed by atoms with Crippen molar-refractivity contribution in [1.82, 2.24) is 16.0 Å². The molecule has 6 heteroatoms. The maximum absolute atomic E-state index is 13.0. The summed E-state index contributed by atoms with van der Waals surface area (Å²) in [4.78, 5) is 13.0. The molecule has 7 atom stereocenters. The second kappa shape index (κ2) is 9.76. The normalized spacial score (nSPS) is 44.6. The third kappa shape index (κ3) is 5.03. The number of aliphatic hydroxyl groups is 1. The number of hydrogen-bond donors (Lipinski definition) is 3. The highest BCUT2D eigenvalue weighted by molar-refractivity contribution is 5.82. The van der Waals surface area contributed by atoms with Crippen molar-refractivity contribution in [3.63, 3.8) is 0 Å². The van der Waals surface area contributed by atoms with Crippen LogP contribution in [-0.4, -0.2) is 55.0 Å². The van der Waals surface area contributed by atoms with Crippen molar-refractivity contribution in [2.75, 3.05) is 33.4 Å². The molecule has 31 heavy (non-hydrogen) atoms. The summed E-state index contributed by atoms with van der Waals surface area (Å²) >= 11 is 0. The largest absolute Gasteiger partial charge is 0.390 e. The first-order chi connectivity index (χ1) is 14.8. The van der Waals surface area contributed by atoms with Crippen LogP contribution in [0.25, 0.3) is 0 Å². The van der Waals surface area contributed by atoms with Crippen molar-refractivity contribution in [3.8, 4) is 0 Å². The Labute approximate surface area is 188 Å². The molecule has 4 rings (SSSR count). The van der Waals surface area contributed by atoms with Crippen LogP contribution in [0.15, 0.2) is 0 Å². The van der Waals surface area contributed by atoms with Crippen LogP contribution in [0.3, 0.4) is 0 Å². The second-order valence-corrected chi connectivity index (χ2v) is 11.5. The standard InChI is InChI=1S/C25H45N3O3/c1-18-7-8-19(23(29)16-28-26-13-14-27-28)5-4-6-22-21(18)10-9-20-15-24(2,30)11-12-25(20,22)17-31-3/h18-22,26-27,30H,4-17H2,1-3H3/t18-,19+,20-,21-,22?,24+,25+/m0/s1. The number of rotatable bonds is 5. The molecule has 6 nitrogen and oxygen atoms in total. The third-order valence-corrected chi connectivity index (χ3v) is 9.41. The highest BCUT2D eigenvalue weighted by Gasteiger charge is 2.55. The van der Waals surface area contributed by atoms with E-state index in [1.165, 1.54) is 19.3 Å². The molecule has 1 saturated heterocycles. The number of ketones is 1. The smallest absolute Gasteiger partial charge is 0.152 e. The highest BCUT2D eigenvalue weighted by atomic mass is 16.5. The van der Waals surface area contributed by atoms with Crippen molar-refractivity contribution in [1.29, 1.82) is 0 Å². The fraction of sp³-hybridized carbons (Fsp3) is 0.960. The van der Waals surface area contributed by atoms with E-state index in [-0.39, 0.29) is 11.3 Å². The molecular weight excluding hydrogens is 390 g/mol. The van der Waals surface area contributed by atoms with Crippen molar-refractivity contribution in [2.24, 2.45) is 35.0 Å². The maximum atomic E-state index is 13.0. The van der Waals surface area contributed by atoms with Crippen molar-refractivity contribution in [2.45, 2.75) is 83.7 Å². The van der Waals surface area contributed by atoms with Crippen molar-refractivity contribution in [3.05, 3.63) is 0 Å². The zero-order chi connectivity index (χ0) is 22.1. The van der Waals surface area contributed by atoms with Gasteiger partial charge in [-0.3, -0.25) is 4.79 Å². The summed E-state index contributed by atoms with van der Waals surface area (Å²) in [7, 11) is 1.86. The van der Waals surface area contributed by atoms with Gasteiger partial charge in [-0.25, -0.2) is 10.9 Å². The van der Waals surface area contributed by atoms with Gasteiger partial charge in [-0.15, -0.1) is 0 Å². The molecular formula is C25H45N3O3. The minimum Gasteiger partial charge on any atom is -0.390 e. The van der Waals surface area contributed by atoms with Gasteiger partial charge in [-0.2, -0.15) is 5.12 Å². The molecule has 4 aliphatic rings. The molecule has 0 aromatic carbocycles. The number of carbonyl (C=O) groups is 1. The summed E-state index contributed by atoms with van der Waals surface area (Å²) in [5.41, 5.74) is 6.17. The summed E-state index contributed by atoms with van der Waals surface area (Å²) in [5, 5.41) is 12.7. The molecule has 4 fully saturated rings. The molecule has 3 saturated carbocycles. The Balaban J connectivity index is 1.49. The number of fused-ring (bicyclic) bond motifs is 3. The summed E-state index contributed by atoms with van der Waals surface area (Å²) < 4.78 is 5.88. The minimum atomic E-state index is -0.520. The topological polar surface area (TPSA) is 73.8 Å². The van der Waals surface area contributed by atoms with E-state index in [4.69, 9.17) is 4.74 Å². The molecule has 1 unspecified atom stereocenters. The molecule has 0 aromatic rings. The van der Waals surface area contributed by atoms with Crippen LogP contribution in [0.4, 0.5) is 0 Å². The first kappa shape index (κ1) is 23.6. The lowest BCUT2D eigenvalue weighted by molar-refractivity contribution is -0.151. The number of nitrogens with one attached hydrogen (secondary N) is 2. The Bertz CT molecular complexity index is 621. The molecule has 0 bridgehead atoms. The monoisotopic (exact) mass is 435 g/mol. The number of hydrazine groups is 2. The lowest BCUT2D eigenvalue weighted by Crippen LogP contribution is -2.55. The first-order valence-electron chi connectivity index (χ1n) is 12.8. The highest BCUT2D eigenvalue weighted by Crippen LogP contribution is 2.60.